The number of piperidine rings is 1. The number of urea groups is 1. The summed E-state index contributed by atoms with van der Waals surface area (Å²) in [6, 6.07) is -0.0534. The van der Waals surface area contributed by atoms with Gasteiger partial charge in [-0.15, -0.1) is 0 Å². The summed E-state index contributed by atoms with van der Waals surface area (Å²) in [7, 11) is 3.47. The van der Waals surface area contributed by atoms with E-state index < -0.39 is 0 Å². The summed E-state index contributed by atoms with van der Waals surface area (Å²) in [5.74, 6) is 0.0670. The molecule has 92 valence electrons. The highest BCUT2D eigenvalue weighted by Gasteiger charge is 2.21. The second-order valence-electron chi connectivity index (χ2n) is 4.27. The molecule has 6 heteroatoms. The van der Waals surface area contributed by atoms with E-state index in [1.807, 2.05) is 0 Å². The highest BCUT2D eigenvalue weighted by molar-refractivity contribution is 5.77. The highest BCUT2D eigenvalue weighted by atomic mass is 16.2. The van der Waals surface area contributed by atoms with Crippen LogP contribution in [0, 0.1) is 0 Å². The zero-order chi connectivity index (χ0) is 12.1. The summed E-state index contributed by atoms with van der Waals surface area (Å²) in [5, 5.41) is 3.19. The van der Waals surface area contributed by atoms with Crippen molar-refractivity contribution in [3.63, 3.8) is 0 Å². The van der Waals surface area contributed by atoms with Gasteiger partial charge in [-0.2, -0.15) is 0 Å². The Labute approximate surface area is 95.8 Å². The van der Waals surface area contributed by atoms with Crippen molar-refractivity contribution in [1.82, 2.24) is 15.1 Å². The third-order valence-electron chi connectivity index (χ3n) is 2.85. The Morgan fingerprint density at radius 2 is 1.94 bits per heavy atom. The van der Waals surface area contributed by atoms with E-state index in [1.165, 1.54) is 0 Å². The number of nitrogens with one attached hydrogen (secondary N) is 1. The SMILES string of the molecule is CN(C)C(=O)CNC1CCN(C(N)=O)CC1. The van der Waals surface area contributed by atoms with Crippen LogP contribution in [0.15, 0.2) is 0 Å². The lowest BCUT2D eigenvalue weighted by Crippen LogP contribution is -2.48. The van der Waals surface area contributed by atoms with Crippen LogP contribution in [0.3, 0.4) is 0 Å². The van der Waals surface area contributed by atoms with Crippen molar-refractivity contribution >= 4 is 11.9 Å². The maximum absolute atomic E-state index is 11.3. The van der Waals surface area contributed by atoms with Gasteiger partial charge in [0.1, 0.15) is 0 Å². The summed E-state index contributed by atoms with van der Waals surface area (Å²) in [6.45, 7) is 1.69. The molecule has 1 rings (SSSR count). The monoisotopic (exact) mass is 228 g/mol. The van der Waals surface area contributed by atoms with Crippen molar-refractivity contribution in [2.24, 2.45) is 5.73 Å². The molecule has 0 radical (unpaired) electrons. The van der Waals surface area contributed by atoms with E-state index in [4.69, 9.17) is 5.73 Å². The highest BCUT2D eigenvalue weighted by Crippen LogP contribution is 2.09. The minimum Gasteiger partial charge on any atom is -0.351 e. The van der Waals surface area contributed by atoms with E-state index in [9.17, 15) is 9.59 Å². The lowest BCUT2D eigenvalue weighted by atomic mass is 10.1. The summed E-state index contributed by atoms with van der Waals surface area (Å²) < 4.78 is 0. The van der Waals surface area contributed by atoms with Gasteiger partial charge in [-0.05, 0) is 12.8 Å². The molecule has 1 saturated heterocycles. The topological polar surface area (TPSA) is 78.7 Å². The number of hydrogen-bond donors (Lipinski definition) is 2. The molecule has 3 amide bonds. The van der Waals surface area contributed by atoms with Gasteiger partial charge in [0.2, 0.25) is 5.91 Å². The van der Waals surface area contributed by atoms with Gasteiger partial charge in [0, 0.05) is 33.2 Å². The molecule has 1 heterocycles. The van der Waals surface area contributed by atoms with Crippen LogP contribution in [-0.2, 0) is 4.79 Å². The fraction of sp³-hybridized carbons (Fsp3) is 0.800. The number of carbonyl (C=O) groups is 2. The number of hydrogen-bond acceptors (Lipinski definition) is 3. The molecule has 0 aliphatic carbocycles. The Bertz CT molecular complexity index is 260. The zero-order valence-corrected chi connectivity index (χ0v) is 9.90. The molecule has 0 atom stereocenters. The van der Waals surface area contributed by atoms with E-state index in [0.29, 0.717) is 25.7 Å². The van der Waals surface area contributed by atoms with Crippen molar-refractivity contribution in [2.45, 2.75) is 18.9 Å². The van der Waals surface area contributed by atoms with Crippen LogP contribution in [0.4, 0.5) is 4.79 Å². The van der Waals surface area contributed by atoms with Gasteiger partial charge in [-0.3, -0.25) is 4.79 Å². The minimum absolute atomic E-state index is 0.0670. The van der Waals surface area contributed by atoms with E-state index >= 15 is 0 Å². The van der Waals surface area contributed by atoms with Crippen LogP contribution >= 0.6 is 0 Å². The van der Waals surface area contributed by atoms with E-state index in [2.05, 4.69) is 5.32 Å². The maximum Gasteiger partial charge on any atom is 0.314 e. The normalized spacial score (nSPS) is 17.2. The largest absolute Gasteiger partial charge is 0.351 e. The lowest BCUT2D eigenvalue weighted by molar-refractivity contribution is -0.127. The van der Waals surface area contributed by atoms with Gasteiger partial charge < -0.3 is 20.9 Å². The van der Waals surface area contributed by atoms with Crippen LogP contribution in [-0.4, -0.2) is 61.5 Å². The van der Waals surface area contributed by atoms with Crippen molar-refractivity contribution < 1.29 is 9.59 Å². The number of nitrogens with two attached hydrogens (primary N) is 1. The van der Waals surface area contributed by atoms with Crippen molar-refractivity contribution in [3.05, 3.63) is 0 Å². The Morgan fingerprint density at radius 1 is 1.38 bits per heavy atom. The molecule has 0 spiro atoms. The number of amides is 3. The van der Waals surface area contributed by atoms with Crippen molar-refractivity contribution in [1.29, 1.82) is 0 Å². The number of likely N-dealkylation sites (N-methyl/N-ethyl adjacent to an activating group) is 1. The van der Waals surface area contributed by atoms with Crippen LogP contribution < -0.4 is 11.1 Å². The Morgan fingerprint density at radius 3 is 2.38 bits per heavy atom. The summed E-state index contributed by atoms with van der Waals surface area (Å²) in [5.41, 5.74) is 5.18. The number of carbonyl (C=O) groups excluding carboxylic acids is 2. The average Bonchev–Trinajstić information content (AvgIpc) is 2.26. The number of nitrogens with zero attached hydrogens (tertiary/aromatic N) is 2. The molecule has 0 aromatic rings. The molecule has 3 N–H and O–H groups in total. The average molecular weight is 228 g/mol. The molecule has 6 nitrogen and oxygen atoms in total. The Kier molecular flexibility index (Phi) is 4.54. The molecule has 16 heavy (non-hydrogen) atoms. The molecule has 0 aromatic heterocycles. The smallest absolute Gasteiger partial charge is 0.314 e. The first-order valence-electron chi connectivity index (χ1n) is 5.48. The molecule has 0 aromatic carbocycles. The van der Waals surface area contributed by atoms with Crippen LogP contribution in [0.5, 0.6) is 0 Å². The second kappa shape index (κ2) is 5.69. The van der Waals surface area contributed by atoms with Gasteiger partial charge >= 0.3 is 6.03 Å². The zero-order valence-electron chi connectivity index (χ0n) is 9.90. The number of likely N-dealkylation sites (tertiary alicyclic amines) is 1. The predicted octanol–water partition coefficient (Wildman–Crippen LogP) is -0.793. The Balaban J connectivity index is 2.22. The second-order valence-corrected chi connectivity index (χ2v) is 4.27. The van der Waals surface area contributed by atoms with Crippen LogP contribution in [0.2, 0.25) is 0 Å². The molecule has 1 aliphatic rings. The molecule has 1 aliphatic heterocycles. The maximum atomic E-state index is 11.3. The van der Waals surface area contributed by atoms with E-state index in [-0.39, 0.29) is 11.9 Å². The fourth-order valence-corrected chi connectivity index (χ4v) is 1.69. The molecule has 0 saturated carbocycles. The first-order valence-corrected chi connectivity index (χ1v) is 5.48. The van der Waals surface area contributed by atoms with Gasteiger partial charge in [0.05, 0.1) is 6.54 Å². The first kappa shape index (κ1) is 12.8. The predicted molar refractivity (Wildman–Crippen MR) is 60.9 cm³/mol. The van der Waals surface area contributed by atoms with Crippen LogP contribution in [0.25, 0.3) is 0 Å². The molecular weight excluding hydrogens is 208 g/mol. The van der Waals surface area contributed by atoms with Gasteiger partial charge in [0.25, 0.3) is 0 Å². The van der Waals surface area contributed by atoms with Crippen molar-refractivity contribution in [3.8, 4) is 0 Å². The number of primary amides is 1. The quantitative estimate of drug-likeness (QED) is 0.664. The van der Waals surface area contributed by atoms with Gasteiger partial charge in [0.15, 0.2) is 0 Å². The summed E-state index contributed by atoms with van der Waals surface area (Å²) >= 11 is 0. The fourth-order valence-electron chi connectivity index (χ4n) is 1.69. The lowest BCUT2D eigenvalue weighted by Gasteiger charge is -2.31. The van der Waals surface area contributed by atoms with E-state index in [0.717, 1.165) is 12.8 Å². The number of rotatable bonds is 3. The summed E-state index contributed by atoms with van der Waals surface area (Å²) in [4.78, 5) is 25.4. The molecule has 0 bridgehead atoms. The standard InChI is InChI=1S/C10H20N4O2/c1-13(2)9(15)7-12-8-3-5-14(6-4-8)10(11)16/h8,12H,3-7H2,1-2H3,(H2,11,16). The Hall–Kier alpha value is -1.30. The first-order chi connectivity index (χ1) is 7.50. The van der Waals surface area contributed by atoms with Crippen molar-refractivity contribution in [2.75, 3.05) is 33.7 Å². The van der Waals surface area contributed by atoms with Crippen LogP contribution in [0.1, 0.15) is 12.8 Å². The molecule has 0 unspecified atom stereocenters. The van der Waals surface area contributed by atoms with E-state index in [1.54, 1.807) is 23.9 Å². The summed E-state index contributed by atoms with van der Waals surface area (Å²) in [6.07, 6.45) is 1.70. The van der Waals surface area contributed by atoms with Gasteiger partial charge in [-0.25, -0.2) is 4.79 Å². The molecular formula is C10H20N4O2. The third-order valence-corrected chi connectivity index (χ3v) is 2.85. The minimum atomic E-state index is -0.359. The van der Waals surface area contributed by atoms with Gasteiger partial charge in [-0.1, -0.05) is 0 Å². The third kappa shape index (κ3) is 3.69. The molecule has 1 fully saturated rings.